The molecule has 6 heteroatoms. The van der Waals surface area contributed by atoms with Crippen molar-refractivity contribution in [1.82, 2.24) is 14.7 Å². The van der Waals surface area contributed by atoms with E-state index < -0.39 is 0 Å². The van der Waals surface area contributed by atoms with Crippen LogP contribution in [0.2, 0.25) is 0 Å². The van der Waals surface area contributed by atoms with Crippen LogP contribution in [0.25, 0.3) is 0 Å². The molecule has 94 valence electrons. The predicted molar refractivity (Wildman–Crippen MR) is 68.2 cm³/mol. The third-order valence-electron chi connectivity index (χ3n) is 2.99. The summed E-state index contributed by atoms with van der Waals surface area (Å²) in [4.78, 5) is 16.1. The Hall–Kier alpha value is -1.17. The van der Waals surface area contributed by atoms with Crippen LogP contribution >= 0.6 is 11.5 Å². The summed E-state index contributed by atoms with van der Waals surface area (Å²) in [5.74, 6) is 1.54. The van der Waals surface area contributed by atoms with Gasteiger partial charge in [-0.15, -0.1) is 0 Å². The van der Waals surface area contributed by atoms with Gasteiger partial charge in [-0.2, -0.15) is 4.37 Å². The fraction of sp³-hybridized carbons (Fsp3) is 0.727. The number of nitrogens with one attached hydrogen (secondary N) is 2. The van der Waals surface area contributed by atoms with Crippen LogP contribution in [0.3, 0.4) is 0 Å². The smallest absolute Gasteiger partial charge is 0.242 e. The molecular weight excluding hydrogens is 236 g/mol. The fourth-order valence-corrected chi connectivity index (χ4v) is 2.57. The number of anilines is 1. The third kappa shape index (κ3) is 2.74. The highest BCUT2D eigenvalue weighted by molar-refractivity contribution is 7.09. The van der Waals surface area contributed by atoms with Crippen LogP contribution in [0.4, 0.5) is 5.13 Å². The monoisotopic (exact) mass is 254 g/mol. The Kier molecular flexibility index (Phi) is 3.61. The van der Waals surface area contributed by atoms with Crippen molar-refractivity contribution in [3.8, 4) is 0 Å². The van der Waals surface area contributed by atoms with Gasteiger partial charge in [0.15, 0.2) is 0 Å². The van der Waals surface area contributed by atoms with E-state index in [1.165, 1.54) is 11.5 Å². The number of carbonyl (C=O) groups is 1. The largest absolute Gasteiger partial charge is 0.354 e. The van der Waals surface area contributed by atoms with Crippen molar-refractivity contribution in [2.45, 2.75) is 39.2 Å². The molecule has 0 unspecified atom stereocenters. The van der Waals surface area contributed by atoms with Gasteiger partial charge in [0.25, 0.3) is 0 Å². The predicted octanol–water partition coefficient (Wildman–Crippen LogP) is 1.60. The molecule has 5 nitrogen and oxygen atoms in total. The number of hydrogen-bond acceptors (Lipinski definition) is 5. The maximum atomic E-state index is 11.7. The fourth-order valence-electron chi connectivity index (χ4n) is 1.83. The van der Waals surface area contributed by atoms with Crippen LogP contribution in [0.15, 0.2) is 0 Å². The van der Waals surface area contributed by atoms with Crippen molar-refractivity contribution in [3.05, 3.63) is 5.82 Å². The molecule has 1 amide bonds. The molecule has 2 atom stereocenters. The van der Waals surface area contributed by atoms with E-state index in [-0.39, 0.29) is 11.9 Å². The molecule has 17 heavy (non-hydrogen) atoms. The summed E-state index contributed by atoms with van der Waals surface area (Å²) in [5.41, 5.74) is 0. The normalized spacial score (nSPS) is 24.8. The molecular formula is C11H18N4OS. The molecule has 0 radical (unpaired) electrons. The zero-order chi connectivity index (χ0) is 12.4. The van der Waals surface area contributed by atoms with Gasteiger partial charge in [0.1, 0.15) is 11.9 Å². The molecule has 2 N–H and O–H groups in total. The lowest BCUT2D eigenvalue weighted by molar-refractivity contribution is -0.124. The van der Waals surface area contributed by atoms with Crippen molar-refractivity contribution < 1.29 is 4.79 Å². The molecule has 2 heterocycles. The molecule has 1 fully saturated rings. The highest BCUT2D eigenvalue weighted by Crippen LogP contribution is 2.21. The standard InChI is InChI=1S/C11H18N4OS/c1-6(2)9-14-11(17-15-9)13-8-7(3)4-5-12-10(8)16/h6-8H,4-5H2,1-3H3,(H,12,16)(H,13,14,15)/t7-,8+/m1/s1. The second-order valence-corrected chi connectivity index (χ2v) is 5.54. The Morgan fingerprint density at radius 1 is 1.53 bits per heavy atom. The molecule has 0 aliphatic carbocycles. The first kappa shape index (κ1) is 12.3. The minimum Gasteiger partial charge on any atom is -0.354 e. The van der Waals surface area contributed by atoms with Gasteiger partial charge in [0.05, 0.1) is 0 Å². The number of hydrogen-bond donors (Lipinski definition) is 2. The minimum atomic E-state index is -0.184. The maximum Gasteiger partial charge on any atom is 0.242 e. The number of nitrogens with zero attached hydrogens (tertiary/aromatic N) is 2. The van der Waals surface area contributed by atoms with Gasteiger partial charge in [0.2, 0.25) is 11.0 Å². The first-order chi connectivity index (χ1) is 8.08. The highest BCUT2D eigenvalue weighted by atomic mass is 32.1. The van der Waals surface area contributed by atoms with Gasteiger partial charge in [-0.25, -0.2) is 4.98 Å². The van der Waals surface area contributed by atoms with Gasteiger partial charge in [0, 0.05) is 24.0 Å². The van der Waals surface area contributed by atoms with Crippen LogP contribution in [-0.2, 0) is 4.79 Å². The lowest BCUT2D eigenvalue weighted by atomic mass is 9.94. The minimum absolute atomic E-state index is 0.0602. The first-order valence-electron chi connectivity index (χ1n) is 5.95. The Morgan fingerprint density at radius 2 is 2.29 bits per heavy atom. The van der Waals surface area contributed by atoms with E-state index in [2.05, 4.69) is 40.8 Å². The molecule has 0 bridgehead atoms. The van der Waals surface area contributed by atoms with Crippen LogP contribution in [0, 0.1) is 5.92 Å². The maximum absolute atomic E-state index is 11.7. The van der Waals surface area contributed by atoms with E-state index in [9.17, 15) is 4.79 Å². The van der Waals surface area contributed by atoms with E-state index in [1.54, 1.807) is 0 Å². The zero-order valence-corrected chi connectivity index (χ0v) is 11.2. The van der Waals surface area contributed by atoms with Gasteiger partial charge in [-0.3, -0.25) is 4.79 Å². The summed E-state index contributed by atoms with van der Waals surface area (Å²) < 4.78 is 4.27. The second kappa shape index (κ2) is 5.00. The van der Waals surface area contributed by atoms with Gasteiger partial charge >= 0.3 is 0 Å². The topological polar surface area (TPSA) is 66.9 Å². The molecule has 1 aromatic rings. The van der Waals surface area contributed by atoms with E-state index in [0.29, 0.717) is 11.8 Å². The molecule has 1 saturated heterocycles. The highest BCUT2D eigenvalue weighted by Gasteiger charge is 2.29. The average molecular weight is 254 g/mol. The van der Waals surface area contributed by atoms with E-state index >= 15 is 0 Å². The number of piperidine rings is 1. The van der Waals surface area contributed by atoms with Crippen LogP contribution in [-0.4, -0.2) is 27.9 Å². The van der Waals surface area contributed by atoms with E-state index in [1.807, 2.05) is 0 Å². The van der Waals surface area contributed by atoms with Crippen molar-refractivity contribution >= 4 is 22.6 Å². The Labute approximate surface area is 105 Å². The molecule has 1 aromatic heterocycles. The summed E-state index contributed by atoms with van der Waals surface area (Å²) in [6, 6.07) is -0.184. The lowest BCUT2D eigenvalue weighted by Gasteiger charge is -2.28. The second-order valence-electron chi connectivity index (χ2n) is 4.79. The summed E-state index contributed by atoms with van der Waals surface area (Å²) >= 11 is 1.32. The Balaban J connectivity index is 2.05. The van der Waals surface area contributed by atoms with Crippen molar-refractivity contribution in [2.24, 2.45) is 5.92 Å². The summed E-state index contributed by atoms with van der Waals surface area (Å²) in [6.45, 7) is 6.97. The van der Waals surface area contributed by atoms with Crippen LogP contribution < -0.4 is 10.6 Å². The molecule has 2 rings (SSSR count). The summed E-state index contributed by atoms with van der Waals surface area (Å²) in [6.07, 6.45) is 0.999. The third-order valence-corrected chi connectivity index (χ3v) is 3.65. The summed E-state index contributed by atoms with van der Waals surface area (Å²) in [7, 11) is 0. The first-order valence-corrected chi connectivity index (χ1v) is 6.73. The van der Waals surface area contributed by atoms with Crippen LogP contribution in [0.1, 0.15) is 38.9 Å². The van der Waals surface area contributed by atoms with Crippen LogP contribution in [0.5, 0.6) is 0 Å². The number of amides is 1. The molecule has 1 aliphatic heterocycles. The van der Waals surface area contributed by atoms with E-state index in [0.717, 1.165) is 23.9 Å². The number of rotatable bonds is 3. The summed E-state index contributed by atoms with van der Waals surface area (Å²) in [5, 5.41) is 6.79. The average Bonchev–Trinajstić information content (AvgIpc) is 2.72. The molecule has 1 aliphatic rings. The molecule has 0 saturated carbocycles. The van der Waals surface area contributed by atoms with Crippen molar-refractivity contribution in [1.29, 1.82) is 0 Å². The Morgan fingerprint density at radius 3 is 2.88 bits per heavy atom. The van der Waals surface area contributed by atoms with Crippen molar-refractivity contribution in [2.75, 3.05) is 11.9 Å². The molecule has 0 aromatic carbocycles. The SMILES string of the molecule is CC(C)c1nsc(N[C@@H]2C(=O)NCC[C@H]2C)n1. The van der Waals surface area contributed by atoms with Gasteiger partial charge < -0.3 is 10.6 Å². The van der Waals surface area contributed by atoms with Crippen molar-refractivity contribution in [3.63, 3.8) is 0 Å². The Bertz CT molecular complexity index is 404. The number of aromatic nitrogens is 2. The van der Waals surface area contributed by atoms with Gasteiger partial charge in [-0.1, -0.05) is 20.8 Å². The number of carbonyl (C=O) groups excluding carboxylic acids is 1. The zero-order valence-electron chi connectivity index (χ0n) is 10.4. The lowest BCUT2D eigenvalue weighted by Crippen LogP contribution is -2.49. The quantitative estimate of drug-likeness (QED) is 0.859. The molecule has 0 spiro atoms. The van der Waals surface area contributed by atoms with E-state index in [4.69, 9.17) is 0 Å². The van der Waals surface area contributed by atoms with Gasteiger partial charge in [-0.05, 0) is 12.3 Å².